The molecule has 1 aromatic carbocycles. The van der Waals surface area contributed by atoms with Gasteiger partial charge in [-0.25, -0.2) is 4.98 Å². The zero-order valence-electron chi connectivity index (χ0n) is 11.9. The maximum Gasteiger partial charge on any atom is 0.222 e. The largest absolute Gasteiger partial charge is 0.344 e. The number of carbonyl (C=O) groups excluding carboxylic acids is 1. The molecule has 3 rings (SSSR count). The van der Waals surface area contributed by atoms with Crippen LogP contribution < -0.4 is 0 Å². The van der Waals surface area contributed by atoms with Gasteiger partial charge in [0.2, 0.25) is 5.91 Å². The number of benzene rings is 1. The number of hydrogen-bond donors (Lipinski definition) is 0. The van der Waals surface area contributed by atoms with Gasteiger partial charge in [-0.2, -0.15) is 0 Å². The fourth-order valence-electron chi connectivity index (χ4n) is 2.99. The molecule has 4 nitrogen and oxygen atoms in total. The quantitative estimate of drug-likeness (QED) is 0.812. The van der Waals surface area contributed by atoms with Gasteiger partial charge in [-0.15, -0.1) is 11.6 Å². The van der Waals surface area contributed by atoms with Gasteiger partial charge in [0, 0.05) is 37.3 Å². The van der Waals surface area contributed by atoms with E-state index in [9.17, 15) is 4.79 Å². The van der Waals surface area contributed by atoms with Crippen LogP contribution in [0.15, 0.2) is 18.2 Å². The zero-order valence-corrected chi connectivity index (χ0v) is 13.4. The highest BCUT2D eigenvalue weighted by Crippen LogP contribution is 2.29. The fourth-order valence-corrected chi connectivity index (χ4v) is 3.32. The summed E-state index contributed by atoms with van der Waals surface area (Å²) in [5.41, 5.74) is 1.95. The van der Waals surface area contributed by atoms with E-state index in [4.69, 9.17) is 23.2 Å². The van der Waals surface area contributed by atoms with Crippen molar-refractivity contribution in [2.75, 3.05) is 19.5 Å². The van der Waals surface area contributed by atoms with Gasteiger partial charge in [0.1, 0.15) is 5.82 Å². The lowest BCUT2D eigenvalue weighted by molar-refractivity contribution is -0.132. The number of aromatic nitrogens is 2. The van der Waals surface area contributed by atoms with Crippen LogP contribution in [0, 0.1) is 0 Å². The maximum atomic E-state index is 11.7. The Morgan fingerprint density at radius 3 is 2.95 bits per heavy atom. The summed E-state index contributed by atoms with van der Waals surface area (Å²) in [4.78, 5) is 18.2. The number of fused-ring (bicyclic) bond motifs is 1. The molecule has 2 heterocycles. The van der Waals surface area contributed by atoms with Gasteiger partial charge in [-0.1, -0.05) is 11.6 Å². The second kappa shape index (κ2) is 5.85. The Labute approximate surface area is 133 Å². The third-order valence-electron chi connectivity index (χ3n) is 4.01. The van der Waals surface area contributed by atoms with Crippen molar-refractivity contribution in [3.63, 3.8) is 0 Å². The Hall–Kier alpha value is -1.26. The second-order valence-electron chi connectivity index (χ2n) is 5.44. The molecule has 0 N–H and O–H groups in total. The van der Waals surface area contributed by atoms with Crippen molar-refractivity contribution in [3.05, 3.63) is 29.0 Å². The standard InChI is InChI=1S/C15H17Cl2N3O/c1-19-9-11(3-5-15(19)21)20-13-8-10(17)2-4-12(13)18-14(20)6-7-16/h2,4,8,11H,3,5-7,9H2,1H3. The topological polar surface area (TPSA) is 38.1 Å². The van der Waals surface area contributed by atoms with Gasteiger partial charge in [-0.05, 0) is 24.6 Å². The molecular weight excluding hydrogens is 309 g/mol. The Morgan fingerprint density at radius 1 is 1.43 bits per heavy atom. The molecule has 0 aliphatic carbocycles. The summed E-state index contributed by atoms with van der Waals surface area (Å²) in [7, 11) is 1.85. The molecule has 1 aliphatic heterocycles. The molecule has 0 spiro atoms. The Kier molecular flexibility index (Phi) is 4.09. The number of halogens is 2. The first-order valence-electron chi connectivity index (χ1n) is 7.06. The molecular formula is C15H17Cl2N3O. The number of alkyl halides is 1. The lowest BCUT2D eigenvalue weighted by Gasteiger charge is -2.31. The Bertz CT molecular complexity index is 683. The highest BCUT2D eigenvalue weighted by Gasteiger charge is 2.27. The number of carbonyl (C=O) groups is 1. The second-order valence-corrected chi connectivity index (χ2v) is 6.25. The summed E-state index contributed by atoms with van der Waals surface area (Å²) < 4.78 is 2.21. The van der Waals surface area contributed by atoms with E-state index >= 15 is 0 Å². The molecule has 1 unspecified atom stereocenters. The summed E-state index contributed by atoms with van der Waals surface area (Å²) >= 11 is 12.0. The Balaban J connectivity index is 2.08. The minimum Gasteiger partial charge on any atom is -0.344 e. The minimum atomic E-state index is 0.201. The number of aryl methyl sites for hydroxylation is 1. The number of nitrogens with zero attached hydrogens (tertiary/aromatic N) is 3. The van der Waals surface area contributed by atoms with Crippen LogP contribution in [-0.2, 0) is 11.2 Å². The predicted octanol–water partition coefficient (Wildman–Crippen LogP) is 3.26. The van der Waals surface area contributed by atoms with Crippen LogP contribution in [0.2, 0.25) is 5.02 Å². The summed E-state index contributed by atoms with van der Waals surface area (Å²) in [6, 6.07) is 5.96. The van der Waals surface area contributed by atoms with Crippen molar-refractivity contribution in [2.45, 2.75) is 25.3 Å². The van der Waals surface area contributed by atoms with Crippen molar-refractivity contribution in [3.8, 4) is 0 Å². The van der Waals surface area contributed by atoms with E-state index in [1.807, 2.05) is 25.2 Å². The van der Waals surface area contributed by atoms with Crippen LogP contribution in [-0.4, -0.2) is 39.8 Å². The first-order chi connectivity index (χ1) is 10.1. The number of likely N-dealkylation sites (N-methyl/N-ethyl adjacent to an activating group) is 1. The zero-order chi connectivity index (χ0) is 15.0. The number of rotatable bonds is 3. The number of amides is 1. The number of likely N-dealkylation sites (tertiary alicyclic amines) is 1. The van der Waals surface area contributed by atoms with Gasteiger partial charge in [0.15, 0.2) is 0 Å². The van der Waals surface area contributed by atoms with E-state index < -0.39 is 0 Å². The molecule has 0 saturated carbocycles. The molecule has 0 bridgehead atoms. The molecule has 1 atom stereocenters. The lowest BCUT2D eigenvalue weighted by Crippen LogP contribution is -2.38. The molecule has 6 heteroatoms. The van der Waals surface area contributed by atoms with Crippen LogP contribution in [0.1, 0.15) is 24.7 Å². The molecule has 1 amide bonds. The monoisotopic (exact) mass is 325 g/mol. The molecule has 2 aromatic rings. The maximum absolute atomic E-state index is 11.7. The number of imidazole rings is 1. The first kappa shape index (κ1) is 14.7. The third-order valence-corrected chi connectivity index (χ3v) is 4.43. The average molecular weight is 326 g/mol. The van der Waals surface area contributed by atoms with Crippen LogP contribution >= 0.6 is 23.2 Å². The smallest absolute Gasteiger partial charge is 0.222 e. The van der Waals surface area contributed by atoms with Crippen LogP contribution in [0.3, 0.4) is 0 Å². The molecule has 1 aliphatic rings. The van der Waals surface area contributed by atoms with Crippen LogP contribution in [0.5, 0.6) is 0 Å². The average Bonchev–Trinajstić information content (AvgIpc) is 2.80. The fraction of sp³-hybridized carbons (Fsp3) is 0.467. The number of piperidine rings is 1. The van der Waals surface area contributed by atoms with Crippen molar-refractivity contribution in [1.29, 1.82) is 0 Å². The minimum absolute atomic E-state index is 0.201. The van der Waals surface area contributed by atoms with E-state index in [0.29, 0.717) is 30.3 Å². The van der Waals surface area contributed by atoms with Gasteiger partial charge in [-0.3, -0.25) is 4.79 Å². The molecule has 1 aromatic heterocycles. The van der Waals surface area contributed by atoms with E-state index in [0.717, 1.165) is 23.3 Å². The van der Waals surface area contributed by atoms with E-state index in [1.165, 1.54) is 0 Å². The summed E-state index contributed by atoms with van der Waals surface area (Å²) in [5, 5.41) is 0.696. The predicted molar refractivity (Wildman–Crippen MR) is 85.1 cm³/mol. The Morgan fingerprint density at radius 2 is 2.24 bits per heavy atom. The first-order valence-corrected chi connectivity index (χ1v) is 7.97. The van der Waals surface area contributed by atoms with Crippen LogP contribution in [0.25, 0.3) is 11.0 Å². The third kappa shape index (κ3) is 2.74. The lowest BCUT2D eigenvalue weighted by atomic mass is 10.0. The van der Waals surface area contributed by atoms with Gasteiger partial charge < -0.3 is 9.47 Å². The van der Waals surface area contributed by atoms with Gasteiger partial charge in [0.05, 0.1) is 17.1 Å². The SMILES string of the molecule is CN1CC(n2c(CCCl)nc3ccc(Cl)cc32)CCC1=O. The van der Waals surface area contributed by atoms with Crippen molar-refractivity contribution in [1.82, 2.24) is 14.5 Å². The summed E-state index contributed by atoms with van der Waals surface area (Å²) in [6.45, 7) is 0.700. The van der Waals surface area contributed by atoms with Crippen LogP contribution in [0.4, 0.5) is 0 Å². The van der Waals surface area contributed by atoms with Crippen molar-refractivity contribution >= 4 is 40.1 Å². The van der Waals surface area contributed by atoms with E-state index in [1.54, 1.807) is 4.90 Å². The van der Waals surface area contributed by atoms with Gasteiger partial charge in [0.25, 0.3) is 0 Å². The highest BCUT2D eigenvalue weighted by molar-refractivity contribution is 6.31. The molecule has 1 fully saturated rings. The molecule has 112 valence electrons. The highest BCUT2D eigenvalue weighted by atomic mass is 35.5. The van der Waals surface area contributed by atoms with E-state index in [-0.39, 0.29) is 11.9 Å². The molecule has 0 radical (unpaired) electrons. The van der Waals surface area contributed by atoms with Gasteiger partial charge >= 0.3 is 0 Å². The van der Waals surface area contributed by atoms with Crippen molar-refractivity contribution < 1.29 is 4.79 Å². The molecule has 1 saturated heterocycles. The summed E-state index contributed by atoms with van der Waals surface area (Å²) in [6.07, 6.45) is 2.11. The molecule has 21 heavy (non-hydrogen) atoms. The summed E-state index contributed by atoms with van der Waals surface area (Å²) in [5.74, 6) is 1.70. The van der Waals surface area contributed by atoms with Crippen molar-refractivity contribution in [2.24, 2.45) is 0 Å². The van der Waals surface area contributed by atoms with E-state index in [2.05, 4.69) is 9.55 Å². The normalized spacial score (nSPS) is 19.5. The number of hydrogen-bond acceptors (Lipinski definition) is 2.